The molecule has 29 heavy (non-hydrogen) atoms. The van der Waals surface area contributed by atoms with Crippen molar-refractivity contribution in [2.24, 2.45) is 0 Å². The summed E-state index contributed by atoms with van der Waals surface area (Å²) in [5.41, 5.74) is 1.39. The van der Waals surface area contributed by atoms with Crippen LogP contribution in [0.4, 0.5) is 0 Å². The van der Waals surface area contributed by atoms with Gasteiger partial charge in [-0.05, 0) is 36.2 Å². The number of hydrogen-bond donors (Lipinski definition) is 1. The number of carbonyl (C=O) groups is 2. The van der Waals surface area contributed by atoms with E-state index in [-0.39, 0.29) is 12.5 Å². The van der Waals surface area contributed by atoms with Crippen molar-refractivity contribution in [2.45, 2.75) is 19.4 Å². The molecular weight excluding hydrogens is 398 g/mol. The normalized spacial score (nSPS) is 11.3. The zero-order valence-corrected chi connectivity index (χ0v) is 17.5. The van der Waals surface area contributed by atoms with E-state index in [4.69, 9.17) is 30.5 Å². The number of esters is 1. The molecule has 0 saturated carbocycles. The first-order chi connectivity index (χ1) is 13.9. The summed E-state index contributed by atoms with van der Waals surface area (Å²) in [6.45, 7) is 1.41. The third kappa shape index (κ3) is 6.02. The van der Waals surface area contributed by atoms with Crippen molar-refractivity contribution in [1.82, 2.24) is 5.32 Å². The van der Waals surface area contributed by atoms with Crippen molar-refractivity contribution in [2.75, 3.05) is 27.9 Å². The molecule has 8 heteroatoms. The van der Waals surface area contributed by atoms with E-state index in [9.17, 15) is 9.59 Å². The molecule has 0 unspecified atom stereocenters. The summed E-state index contributed by atoms with van der Waals surface area (Å²) >= 11 is 6.13. The van der Waals surface area contributed by atoms with Crippen LogP contribution in [0.15, 0.2) is 36.4 Å². The smallest absolute Gasteiger partial charge is 0.310 e. The van der Waals surface area contributed by atoms with E-state index < -0.39 is 18.5 Å². The number of benzene rings is 2. The van der Waals surface area contributed by atoms with Crippen LogP contribution in [0.25, 0.3) is 0 Å². The molecule has 0 heterocycles. The number of methoxy groups -OCH3 is 3. The molecule has 7 nitrogen and oxygen atoms in total. The fourth-order valence-corrected chi connectivity index (χ4v) is 3.09. The Morgan fingerprint density at radius 1 is 1.03 bits per heavy atom. The van der Waals surface area contributed by atoms with Crippen molar-refractivity contribution in [3.63, 3.8) is 0 Å². The van der Waals surface area contributed by atoms with Gasteiger partial charge < -0.3 is 24.3 Å². The standard InChI is InChI=1S/C21H24ClNO6/c1-13(15-7-5-6-8-16(15)22)23-19(24)12-29-20(25)11-14-9-17(26-2)21(28-4)18(10-14)27-3/h5-10,13H,11-12H2,1-4H3,(H,23,24)/t13-/m1/s1. The van der Waals surface area contributed by atoms with Crippen LogP contribution < -0.4 is 19.5 Å². The summed E-state index contributed by atoms with van der Waals surface area (Å²) in [6, 6.07) is 10.2. The van der Waals surface area contributed by atoms with E-state index in [0.29, 0.717) is 27.8 Å². The van der Waals surface area contributed by atoms with Crippen molar-refractivity contribution >= 4 is 23.5 Å². The van der Waals surface area contributed by atoms with Crippen molar-refractivity contribution in [3.05, 3.63) is 52.5 Å². The number of halogens is 1. The van der Waals surface area contributed by atoms with Crippen LogP contribution >= 0.6 is 11.6 Å². The minimum atomic E-state index is -0.556. The second-order valence-electron chi connectivity index (χ2n) is 6.18. The van der Waals surface area contributed by atoms with Crippen LogP contribution in [0.1, 0.15) is 24.1 Å². The number of rotatable bonds is 9. The number of amides is 1. The van der Waals surface area contributed by atoms with Crippen LogP contribution in [0.2, 0.25) is 5.02 Å². The molecule has 0 aliphatic rings. The maximum absolute atomic E-state index is 12.1. The van der Waals surface area contributed by atoms with Crippen LogP contribution in [0.3, 0.4) is 0 Å². The van der Waals surface area contributed by atoms with Crippen molar-refractivity contribution in [1.29, 1.82) is 0 Å². The van der Waals surface area contributed by atoms with Crippen molar-refractivity contribution < 1.29 is 28.5 Å². The van der Waals surface area contributed by atoms with Crippen LogP contribution in [0.5, 0.6) is 17.2 Å². The fraction of sp³-hybridized carbons (Fsp3) is 0.333. The Hall–Kier alpha value is -2.93. The molecule has 0 spiro atoms. The van der Waals surface area contributed by atoms with E-state index in [2.05, 4.69) is 5.32 Å². The zero-order chi connectivity index (χ0) is 21.4. The Morgan fingerprint density at radius 3 is 2.21 bits per heavy atom. The molecule has 0 aliphatic carbocycles. The number of nitrogens with one attached hydrogen (secondary N) is 1. The molecule has 1 N–H and O–H groups in total. The average molecular weight is 422 g/mol. The van der Waals surface area contributed by atoms with Gasteiger partial charge in [0.25, 0.3) is 5.91 Å². The molecule has 0 saturated heterocycles. The van der Waals surface area contributed by atoms with Crippen LogP contribution in [0, 0.1) is 0 Å². The highest BCUT2D eigenvalue weighted by Gasteiger charge is 2.17. The lowest BCUT2D eigenvalue weighted by Crippen LogP contribution is -2.31. The monoisotopic (exact) mass is 421 g/mol. The van der Waals surface area contributed by atoms with E-state index >= 15 is 0 Å². The summed E-state index contributed by atoms with van der Waals surface area (Å²) in [5.74, 6) is 0.317. The SMILES string of the molecule is COc1cc(CC(=O)OCC(=O)N[C@H](C)c2ccccc2Cl)cc(OC)c1OC. The highest BCUT2D eigenvalue weighted by atomic mass is 35.5. The lowest BCUT2D eigenvalue weighted by Gasteiger charge is -2.16. The van der Waals surface area contributed by atoms with Gasteiger partial charge in [0.2, 0.25) is 5.75 Å². The van der Waals surface area contributed by atoms with Gasteiger partial charge in [-0.25, -0.2) is 0 Å². The maximum atomic E-state index is 12.1. The lowest BCUT2D eigenvalue weighted by molar-refractivity contribution is -0.148. The molecular formula is C21H24ClNO6. The Labute approximate surface area is 174 Å². The van der Waals surface area contributed by atoms with E-state index in [1.54, 1.807) is 25.1 Å². The summed E-state index contributed by atoms with van der Waals surface area (Å²) in [4.78, 5) is 24.2. The fourth-order valence-electron chi connectivity index (χ4n) is 2.79. The summed E-state index contributed by atoms with van der Waals surface area (Å²) < 4.78 is 20.9. The molecule has 2 aromatic carbocycles. The highest BCUT2D eigenvalue weighted by Crippen LogP contribution is 2.38. The van der Waals surface area contributed by atoms with E-state index in [0.717, 1.165) is 5.56 Å². The van der Waals surface area contributed by atoms with Gasteiger partial charge in [0.05, 0.1) is 33.8 Å². The molecule has 1 atom stereocenters. The first-order valence-electron chi connectivity index (χ1n) is 8.87. The largest absolute Gasteiger partial charge is 0.493 e. The molecule has 2 rings (SSSR count). The molecule has 1 amide bonds. The Morgan fingerprint density at radius 2 is 1.66 bits per heavy atom. The minimum absolute atomic E-state index is 0.0515. The van der Waals surface area contributed by atoms with Gasteiger partial charge in [-0.3, -0.25) is 9.59 Å². The zero-order valence-electron chi connectivity index (χ0n) is 16.8. The minimum Gasteiger partial charge on any atom is -0.493 e. The number of ether oxygens (including phenoxy) is 4. The second kappa shape index (κ2) is 10.6. The van der Waals surface area contributed by atoms with Gasteiger partial charge in [-0.1, -0.05) is 29.8 Å². The van der Waals surface area contributed by atoms with Crippen LogP contribution in [-0.2, 0) is 20.7 Å². The van der Waals surface area contributed by atoms with Gasteiger partial charge >= 0.3 is 5.97 Å². The molecule has 0 aromatic heterocycles. The molecule has 0 aliphatic heterocycles. The number of hydrogen-bond acceptors (Lipinski definition) is 6. The van der Waals surface area contributed by atoms with Gasteiger partial charge in [0.15, 0.2) is 18.1 Å². The number of carbonyl (C=O) groups excluding carboxylic acids is 2. The molecule has 0 fully saturated rings. The van der Waals surface area contributed by atoms with Gasteiger partial charge in [-0.2, -0.15) is 0 Å². The molecule has 0 bridgehead atoms. The lowest BCUT2D eigenvalue weighted by atomic mass is 10.1. The van der Waals surface area contributed by atoms with Crippen molar-refractivity contribution in [3.8, 4) is 17.2 Å². The maximum Gasteiger partial charge on any atom is 0.310 e. The Kier molecular flexibility index (Phi) is 8.15. The summed E-state index contributed by atoms with van der Waals surface area (Å²) in [6.07, 6.45) is -0.0515. The van der Waals surface area contributed by atoms with Gasteiger partial charge in [0.1, 0.15) is 0 Å². The Balaban J connectivity index is 1.93. The summed E-state index contributed by atoms with van der Waals surface area (Å²) in [5, 5.41) is 3.31. The highest BCUT2D eigenvalue weighted by molar-refractivity contribution is 6.31. The third-order valence-electron chi connectivity index (χ3n) is 4.19. The van der Waals surface area contributed by atoms with Gasteiger partial charge in [0, 0.05) is 5.02 Å². The third-order valence-corrected chi connectivity index (χ3v) is 4.53. The molecule has 156 valence electrons. The van der Waals surface area contributed by atoms with Crippen LogP contribution in [-0.4, -0.2) is 39.8 Å². The first-order valence-corrected chi connectivity index (χ1v) is 9.25. The quantitative estimate of drug-likeness (QED) is 0.625. The van der Waals surface area contributed by atoms with E-state index in [1.807, 2.05) is 18.2 Å². The first kappa shape index (κ1) is 22.4. The second-order valence-corrected chi connectivity index (χ2v) is 6.59. The average Bonchev–Trinajstić information content (AvgIpc) is 2.71. The molecule has 2 aromatic rings. The predicted octanol–water partition coefficient (Wildman–Crippen LogP) is 3.33. The summed E-state index contributed by atoms with van der Waals surface area (Å²) in [7, 11) is 4.48. The Bertz CT molecular complexity index is 845. The van der Waals surface area contributed by atoms with E-state index in [1.165, 1.54) is 21.3 Å². The predicted molar refractivity (Wildman–Crippen MR) is 109 cm³/mol. The van der Waals surface area contributed by atoms with Gasteiger partial charge in [-0.15, -0.1) is 0 Å². The molecule has 0 radical (unpaired) electrons. The topological polar surface area (TPSA) is 83.1 Å².